The quantitative estimate of drug-likeness (QED) is 0.761. The molecule has 2 aromatic heterocycles. The van der Waals surface area contributed by atoms with Crippen LogP contribution in [0, 0.1) is 13.8 Å². The second-order valence-electron chi connectivity index (χ2n) is 6.25. The molecule has 1 aliphatic heterocycles. The molecular weight excluding hydrogens is 330 g/mol. The Morgan fingerprint density at radius 3 is 2.73 bits per heavy atom. The van der Waals surface area contributed by atoms with E-state index in [-0.39, 0.29) is 5.75 Å². The molecule has 1 aliphatic rings. The molecular formula is C19H19N5O2. The number of nitrogens with zero attached hydrogens (tertiary/aromatic N) is 5. The Bertz CT molecular complexity index is 946. The molecule has 7 heteroatoms. The second-order valence-corrected chi connectivity index (χ2v) is 6.25. The van der Waals surface area contributed by atoms with E-state index < -0.39 is 0 Å². The van der Waals surface area contributed by atoms with Crippen LogP contribution in [0.3, 0.4) is 0 Å². The third kappa shape index (κ3) is 3.03. The fourth-order valence-electron chi connectivity index (χ4n) is 3.07. The summed E-state index contributed by atoms with van der Waals surface area (Å²) in [5, 5.41) is 10.5. The van der Waals surface area contributed by atoms with E-state index in [1.165, 1.54) is 0 Å². The Labute approximate surface area is 151 Å². The molecule has 0 spiro atoms. The van der Waals surface area contributed by atoms with E-state index in [4.69, 9.17) is 4.74 Å². The predicted octanol–water partition coefficient (Wildman–Crippen LogP) is 2.66. The number of aromatic hydroxyl groups is 1. The maximum Gasteiger partial charge on any atom is 0.225 e. The first-order valence-corrected chi connectivity index (χ1v) is 8.43. The van der Waals surface area contributed by atoms with E-state index >= 15 is 0 Å². The van der Waals surface area contributed by atoms with Crippen LogP contribution < -0.4 is 9.64 Å². The van der Waals surface area contributed by atoms with Gasteiger partial charge in [0.25, 0.3) is 0 Å². The predicted molar refractivity (Wildman–Crippen MR) is 97.2 cm³/mol. The molecule has 0 unspecified atom stereocenters. The van der Waals surface area contributed by atoms with Gasteiger partial charge in [-0.3, -0.25) is 4.98 Å². The third-order valence-corrected chi connectivity index (χ3v) is 4.30. The summed E-state index contributed by atoms with van der Waals surface area (Å²) in [5.74, 6) is 1.25. The van der Waals surface area contributed by atoms with Crippen LogP contribution >= 0.6 is 0 Å². The van der Waals surface area contributed by atoms with Gasteiger partial charge in [-0.1, -0.05) is 0 Å². The molecule has 1 N–H and O–H groups in total. The highest BCUT2D eigenvalue weighted by molar-refractivity contribution is 5.68. The van der Waals surface area contributed by atoms with Crippen molar-refractivity contribution in [2.45, 2.75) is 20.4 Å². The van der Waals surface area contributed by atoms with Crippen molar-refractivity contribution in [1.29, 1.82) is 0 Å². The molecule has 0 atom stereocenters. The number of aryl methyl sites for hydroxylation is 2. The van der Waals surface area contributed by atoms with Gasteiger partial charge >= 0.3 is 0 Å². The number of hydrogen-bond donors (Lipinski definition) is 1. The fraction of sp³-hybridized carbons (Fsp3) is 0.263. The Morgan fingerprint density at radius 1 is 1.12 bits per heavy atom. The molecule has 0 saturated carbocycles. The van der Waals surface area contributed by atoms with Gasteiger partial charge in [-0.2, -0.15) is 0 Å². The minimum atomic E-state index is 0.107. The largest absolute Gasteiger partial charge is 0.504 e. The summed E-state index contributed by atoms with van der Waals surface area (Å²) in [6, 6.07) is 5.46. The Morgan fingerprint density at radius 2 is 1.92 bits per heavy atom. The fourth-order valence-corrected chi connectivity index (χ4v) is 3.07. The Kier molecular flexibility index (Phi) is 4.12. The first kappa shape index (κ1) is 16.3. The first-order valence-electron chi connectivity index (χ1n) is 8.43. The van der Waals surface area contributed by atoms with Gasteiger partial charge in [0.2, 0.25) is 5.95 Å². The number of fused-ring (bicyclic) bond motifs is 1. The van der Waals surface area contributed by atoms with E-state index in [0.29, 0.717) is 31.4 Å². The van der Waals surface area contributed by atoms with Crippen LogP contribution in [0.1, 0.15) is 17.0 Å². The van der Waals surface area contributed by atoms with Crippen LogP contribution in [-0.4, -0.2) is 38.2 Å². The lowest BCUT2D eigenvalue weighted by molar-refractivity contribution is 0.311. The molecule has 0 aliphatic carbocycles. The summed E-state index contributed by atoms with van der Waals surface area (Å²) < 4.78 is 5.79. The molecule has 7 nitrogen and oxygen atoms in total. The van der Waals surface area contributed by atoms with E-state index in [9.17, 15) is 5.11 Å². The molecule has 26 heavy (non-hydrogen) atoms. The summed E-state index contributed by atoms with van der Waals surface area (Å²) in [7, 11) is 0. The van der Waals surface area contributed by atoms with Crippen molar-refractivity contribution in [3.05, 3.63) is 53.7 Å². The number of hydrogen-bond acceptors (Lipinski definition) is 7. The van der Waals surface area contributed by atoms with Crippen molar-refractivity contribution >= 4 is 5.95 Å². The van der Waals surface area contributed by atoms with Crippen LogP contribution in [-0.2, 0) is 6.54 Å². The average Bonchev–Trinajstić information content (AvgIpc) is 2.87. The molecule has 4 rings (SSSR count). The molecule has 132 valence electrons. The van der Waals surface area contributed by atoms with Gasteiger partial charge in [0, 0.05) is 36.3 Å². The van der Waals surface area contributed by atoms with E-state index in [1.54, 1.807) is 30.7 Å². The zero-order valence-corrected chi connectivity index (χ0v) is 14.7. The summed E-state index contributed by atoms with van der Waals surface area (Å²) in [5.41, 5.74) is 4.08. The summed E-state index contributed by atoms with van der Waals surface area (Å²) in [6.45, 7) is 5.43. The monoisotopic (exact) mass is 349 g/mol. The lowest BCUT2D eigenvalue weighted by Gasteiger charge is -2.19. The van der Waals surface area contributed by atoms with Gasteiger partial charge in [-0.05, 0) is 32.0 Å². The second kappa shape index (κ2) is 6.59. The van der Waals surface area contributed by atoms with Crippen LogP contribution in [0.2, 0.25) is 0 Å². The summed E-state index contributed by atoms with van der Waals surface area (Å²) in [6.07, 6.45) is 5.17. The van der Waals surface area contributed by atoms with Crippen molar-refractivity contribution in [2.24, 2.45) is 0 Å². The Hall–Kier alpha value is -3.22. The molecule has 0 fully saturated rings. The molecule has 1 aromatic carbocycles. The summed E-state index contributed by atoms with van der Waals surface area (Å²) >= 11 is 0. The van der Waals surface area contributed by atoms with E-state index in [2.05, 4.69) is 19.9 Å². The van der Waals surface area contributed by atoms with Gasteiger partial charge < -0.3 is 14.7 Å². The minimum absolute atomic E-state index is 0.107. The van der Waals surface area contributed by atoms with E-state index in [0.717, 1.165) is 28.2 Å². The smallest absolute Gasteiger partial charge is 0.225 e. The molecule has 3 heterocycles. The van der Waals surface area contributed by atoms with Crippen LogP contribution in [0.5, 0.6) is 11.5 Å². The van der Waals surface area contributed by atoms with Gasteiger partial charge in [-0.15, -0.1) is 0 Å². The normalized spacial score (nSPS) is 13.7. The van der Waals surface area contributed by atoms with Crippen molar-refractivity contribution in [3.8, 4) is 22.8 Å². The topological polar surface area (TPSA) is 84.3 Å². The van der Waals surface area contributed by atoms with Gasteiger partial charge in [0.05, 0.1) is 23.6 Å². The van der Waals surface area contributed by atoms with Gasteiger partial charge in [-0.25, -0.2) is 15.0 Å². The van der Waals surface area contributed by atoms with Crippen molar-refractivity contribution in [2.75, 3.05) is 18.1 Å². The number of phenolic OH excluding ortho intramolecular Hbond substituents is 1. The number of anilines is 1. The van der Waals surface area contributed by atoms with Crippen molar-refractivity contribution in [3.63, 3.8) is 0 Å². The van der Waals surface area contributed by atoms with Gasteiger partial charge in [0.1, 0.15) is 6.61 Å². The summed E-state index contributed by atoms with van der Waals surface area (Å²) in [4.78, 5) is 19.6. The van der Waals surface area contributed by atoms with Crippen LogP contribution in [0.4, 0.5) is 5.95 Å². The SMILES string of the molecule is Cc1cnc(C)c(-c2cc(O)c3c(c2)CN(c2ncccn2)CCO3)n1. The Balaban J connectivity index is 1.77. The van der Waals surface area contributed by atoms with Crippen LogP contribution in [0.25, 0.3) is 11.3 Å². The first-order chi connectivity index (χ1) is 12.6. The highest BCUT2D eigenvalue weighted by Gasteiger charge is 2.22. The average molecular weight is 349 g/mol. The molecule has 0 bridgehead atoms. The highest BCUT2D eigenvalue weighted by atomic mass is 16.5. The van der Waals surface area contributed by atoms with Crippen molar-refractivity contribution in [1.82, 2.24) is 19.9 Å². The number of rotatable bonds is 2. The van der Waals surface area contributed by atoms with Gasteiger partial charge in [0.15, 0.2) is 11.5 Å². The lowest BCUT2D eigenvalue weighted by atomic mass is 10.0. The number of ether oxygens (including phenoxy) is 1. The lowest BCUT2D eigenvalue weighted by Crippen LogP contribution is -2.26. The van der Waals surface area contributed by atoms with E-state index in [1.807, 2.05) is 24.8 Å². The molecule has 3 aromatic rings. The standard InChI is InChI=1S/C19H19N5O2/c1-12-10-22-13(2)17(23-12)14-8-15-11-24(19-20-4-3-5-21-19)6-7-26-18(15)16(25)9-14/h3-5,8-10,25H,6-7,11H2,1-2H3. The number of phenols is 1. The van der Waals surface area contributed by atoms with Crippen LogP contribution in [0.15, 0.2) is 36.8 Å². The third-order valence-electron chi connectivity index (χ3n) is 4.30. The maximum absolute atomic E-state index is 10.5. The zero-order valence-electron chi connectivity index (χ0n) is 14.7. The number of aromatic nitrogens is 4. The zero-order chi connectivity index (χ0) is 18.1. The highest BCUT2D eigenvalue weighted by Crippen LogP contribution is 2.38. The minimum Gasteiger partial charge on any atom is -0.504 e. The maximum atomic E-state index is 10.5. The molecule has 0 radical (unpaired) electrons. The molecule has 0 saturated heterocycles. The molecule has 0 amide bonds. The number of benzene rings is 1. The van der Waals surface area contributed by atoms with Crippen molar-refractivity contribution < 1.29 is 9.84 Å².